The molecule has 0 aromatic rings. The van der Waals surface area contributed by atoms with Crippen molar-refractivity contribution >= 4 is 0 Å². The van der Waals surface area contributed by atoms with Crippen molar-refractivity contribution in [3.63, 3.8) is 0 Å². The average molecular weight is 239 g/mol. The highest BCUT2D eigenvalue weighted by Gasteiger charge is 2.33. The zero-order chi connectivity index (χ0) is 12.6. The molecule has 102 valence electrons. The van der Waals surface area contributed by atoms with Gasteiger partial charge in [0.1, 0.15) is 0 Å². The van der Waals surface area contributed by atoms with Crippen molar-refractivity contribution in [2.75, 3.05) is 6.54 Å². The molecule has 1 fully saturated rings. The van der Waals surface area contributed by atoms with Gasteiger partial charge in [-0.15, -0.1) is 0 Å². The number of hydrogen-bond acceptors (Lipinski definition) is 1. The van der Waals surface area contributed by atoms with Crippen LogP contribution in [0.25, 0.3) is 0 Å². The van der Waals surface area contributed by atoms with Gasteiger partial charge in [0.2, 0.25) is 0 Å². The molecule has 1 nitrogen and oxygen atoms in total. The van der Waals surface area contributed by atoms with Crippen molar-refractivity contribution in [1.29, 1.82) is 0 Å². The van der Waals surface area contributed by atoms with Crippen LogP contribution < -0.4 is 5.73 Å². The van der Waals surface area contributed by atoms with Crippen LogP contribution in [0.15, 0.2) is 0 Å². The van der Waals surface area contributed by atoms with E-state index in [0.29, 0.717) is 5.41 Å². The normalized spacial score (nSPS) is 29.5. The van der Waals surface area contributed by atoms with Crippen LogP contribution in [0, 0.1) is 11.3 Å². The molecule has 1 aliphatic carbocycles. The van der Waals surface area contributed by atoms with Crippen LogP contribution in [0.2, 0.25) is 0 Å². The third kappa shape index (κ3) is 4.99. The molecule has 2 atom stereocenters. The van der Waals surface area contributed by atoms with Crippen LogP contribution in [-0.2, 0) is 0 Å². The Labute approximate surface area is 109 Å². The second kappa shape index (κ2) is 8.13. The third-order valence-corrected chi connectivity index (χ3v) is 4.86. The molecule has 1 saturated carbocycles. The third-order valence-electron chi connectivity index (χ3n) is 4.86. The highest BCUT2D eigenvalue weighted by Crippen LogP contribution is 2.43. The maximum Gasteiger partial charge on any atom is -0.00204 e. The predicted octanol–water partition coefficient (Wildman–Crippen LogP) is 4.89. The Balaban J connectivity index is 2.29. The summed E-state index contributed by atoms with van der Waals surface area (Å²) in [4.78, 5) is 0. The van der Waals surface area contributed by atoms with Gasteiger partial charge >= 0.3 is 0 Å². The maximum atomic E-state index is 6.10. The van der Waals surface area contributed by atoms with Crippen molar-refractivity contribution < 1.29 is 0 Å². The molecular formula is C16H33N. The van der Waals surface area contributed by atoms with Gasteiger partial charge in [0.05, 0.1) is 0 Å². The van der Waals surface area contributed by atoms with Crippen LogP contribution in [0.3, 0.4) is 0 Å². The Morgan fingerprint density at radius 3 is 2.53 bits per heavy atom. The molecule has 17 heavy (non-hydrogen) atoms. The summed E-state index contributed by atoms with van der Waals surface area (Å²) in [5.74, 6) is 0.961. The Morgan fingerprint density at radius 1 is 1.12 bits per heavy atom. The lowest BCUT2D eigenvalue weighted by molar-refractivity contribution is 0.127. The van der Waals surface area contributed by atoms with Crippen molar-refractivity contribution in [2.45, 2.75) is 84.5 Å². The Morgan fingerprint density at radius 2 is 1.88 bits per heavy atom. The van der Waals surface area contributed by atoms with E-state index in [1.807, 2.05) is 0 Å². The first-order chi connectivity index (χ1) is 8.26. The van der Waals surface area contributed by atoms with Gasteiger partial charge in [-0.1, -0.05) is 65.2 Å². The van der Waals surface area contributed by atoms with E-state index in [1.165, 1.54) is 70.6 Å². The molecule has 0 bridgehead atoms. The van der Waals surface area contributed by atoms with Gasteiger partial charge in [-0.3, -0.25) is 0 Å². The Kier molecular flexibility index (Phi) is 7.18. The zero-order valence-electron chi connectivity index (χ0n) is 12.1. The van der Waals surface area contributed by atoms with Crippen LogP contribution in [0.4, 0.5) is 0 Å². The maximum absolute atomic E-state index is 6.10. The summed E-state index contributed by atoms with van der Waals surface area (Å²) in [6, 6.07) is 0. The van der Waals surface area contributed by atoms with E-state index in [2.05, 4.69) is 13.8 Å². The fourth-order valence-electron chi connectivity index (χ4n) is 3.55. The average Bonchev–Trinajstić information content (AvgIpc) is 2.39. The molecule has 0 saturated heterocycles. The molecule has 0 aromatic heterocycles. The van der Waals surface area contributed by atoms with Gasteiger partial charge in [-0.05, 0) is 37.1 Å². The summed E-state index contributed by atoms with van der Waals surface area (Å²) >= 11 is 0. The van der Waals surface area contributed by atoms with Crippen molar-refractivity contribution in [3.8, 4) is 0 Å². The first-order valence-electron chi connectivity index (χ1n) is 7.96. The number of rotatable bonds is 8. The van der Waals surface area contributed by atoms with E-state index in [9.17, 15) is 0 Å². The first-order valence-corrected chi connectivity index (χ1v) is 7.96. The summed E-state index contributed by atoms with van der Waals surface area (Å²) in [6.07, 6.45) is 15.4. The summed E-state index contributed by atoms with van der Waals surface area (Å²) in [6.45, 7) is 5.56. The lowest BCUT2D eigenvalue weighted by atomic mass is 9.66. The molecule has 2 unspecified atom stereocenters. The van der Waals surface area contributed by atoms with Gasteiger partial charge in [-0.25, -0.2) is 0 Å². The zero-order valence-corrected chi connectivity index (χ0v) is 12.1. The van der Waals surface area contributed by atoms with E-state index >= 15 is 0 Å². The van der Waals surface area contributed by atoms with Gasteiger partial charge in [0.25, 0.3) is 0 Å². The quantitative estimate of drug-likeness (QED) is 0.599. The summed E-state index contributed by atoms with van der Waals surface area (Å²) in [7, 11) is 0. The molecule has 1 heteroatoms. The molecule has 0 amide bonds. The minimum absolute atomic E-state index is 0.519. The highest BCUT2D eigenvalue weighted by atomic mass is 14.6. The van der Waals surface area contributed by atoms with Gasteiger partial charge in [0.15, 0.2) is 0 Å². The summed E-state index contributed by atoms with van der Waals surface area (Å²) < 4.78 is 0. The van der Waals surface area contributed by atoms with Gasteiger partial charge in [0, 0.05) is 0 Å². The monoisotopic (exact) mass is 239 g/mol. The van der Waals surface area contributed by atoms with E-state index in [-0.39, 0.29) is 0 Å². The molecule has 1 aliphatic rings. The van der Waals surface area contributed by atoms with Crippen LogP contribution in [0.1, 0.15) is 84.5 Å². The summed E-state index contributed by atoms with van der Waals surface area (Å²) in [5.41, 5.74) is 6.62. The molecule has 0 radical (unpaired) electrons. The number of hydrogen-bond donors (Lipinski definition) is 1. The molecule has 0 aromatic carbocycles. The van der Waals surface area contributed by atoms with Crippen LogP contribution in [0.5, 0.6) is 0 Å². The number of nitrogens with two attached hydrogens (primary N) is 1. The minimum atomic E-state index is 0.519. The lowest BCUT2D eigenvalue weighted by Crippen LogP contribution is -2.35. The van der Waals surface area contributed by atoms with Crippen LogP contribution >= 0.6 is 0 Å². The fourth-order valence-corrected chi connectivity index (χ4v) is 3.55. The van der Waals surface area contributed by atoms with E-state index in [0.717, 1.165) is 12.5 Å². The fraction of sp³-hybridized carbons (Fsp3) is 1.00. The predicted molar refractivity (Wildman–Crippen MR) is 77.1 cm³/mol. The molecule has 0 heterocycles. The smallest absolute Gasteiger partial charge is 0.00204 e. The van der Waals surface area contributed by atoms with E-state index in [1.54, 1.807) is 0 Å². The van der Waals surface area contributed by atoms with Crippen molar-refractivity contribution in [2.24, 2.45) is 17.1 Å². The van der Waals surface area contributed by atoms with Gasteiger partial charge < -0.3 is 5.73 Å². The van der Waals surface area contributed by atoms with Crippen LogP contribution in [-0.4, -0.2) is 6.54 Å². The minimum Gasteiger partial charge on any atom is -0.330 e. The second-order valence-corrected chi connectivity index (χ2v) is 6.24. The molecule has 2 N–H and O–H groups in total. The molecule has 0 spiro atoms. The Bertz CT molecular complexity index is 190. The lowest BCUT2D eigenvalue weighted by Gasteiger charge is -2.40. The van der Waals surface area contributed by atoms with Gasteiger partial charge in [-0.2, -0.15) is 0 Å². The van der Waals surface area contributed by atoms with E-state index in [4.69, 9.17) is 5.73 Å². The standard InChI is InChI=1S/C16H33N/c1-3-5-6-7-8-11-16(14-17)12-9-10-15(4-2)13-16/h15H,3-14,17H2,1-2H3. The molecule has 0 aliphatic heterocycles. The SMILES string of the molecule is CCCCCCCC1(CN)CCCC(CC)C1. The largest absolute Gasteiger partial charge is 0.330 e. The second-order valence-electron chi connectivity index (χ2n) is 6.24. The van der Waals surface area contributed by atoms with Crippen molar-refractivity contribution in [1.82, 2.24) is 0 Å². The summed E-state index contributed by atoms with van der Waals surface area (Å²) in [5, 5.41) is 0. The molecular weight excluding hydrogens is 206 g/mol. The van der Waals surface area contributed by atoms with Crippen molar-refractivity contribution in [3.05, 3.63) is 0 Å². The van der Waals surface area contributed by atoms with E-state index < -0.39 is 0 Å². The number of unbranched alkanes of at least 4 members (excludes halogenated alkanes) is 4. The topological polar surface area (TPSA) is 26.0 Å². The Hall–Kier alpha value is -0.0400. The highest BCUT2D eigenvalue weighted by molar-refractivity contribution is 4.86. The molecule has 1 rings (SSSR count). The first kappa shape index (κ1) is 15.0.